The highest BCUT2D eigenvalue weighted by Crippen LogP contribution is 2.31. The summed E-state index contributed by atoms with van der Waals surface area (Å²) in [6, 6.07) is 2.39. The van der Waals surface area contributed by atoms with Gasteiger partial charge in [0.2, 0.25) is 5.91 Å². The molecule has 1 amide bonds. The standard InChI is InChI=1S/C19H24F3N3O3/c20-19(21,22)14-4-5-16(23-11-14)25-8-6-15(7-9-25)24-17(26)12-2-1-3-13(10-12)18(27)28/h4-5,11-13,15H,1-3,6-10H2,(H,24,26)(H,27,28). The second-order valence-electron chi connectivity index (χ2n) is 7.57. The molecule has 6 nitrogen and oxygen atoms in total. The molecule has 1 saturated heterocycles. The summed E-state index contributed by atoms with van der Waals surface area (Å²) < 4.78 is 37.9. The van der Waals surface area contributed by atoms with Crippen molar-refractivity contribution in [3.05, 3.63) is 23.9 Å². The van der Waals surface area contributed by atoms with E-state index < -0.39 is 23.6 Å². The van der Waals surface area contributed by atoms with Crippen LogP contribution in [0.2, 0.25) is 0 Å². The van der Waals surface area contributed by atoms with Crippen LogP contribution in [-0.4, -0.2) is 41.1 Å². The van der Waals surface area contributed by atoms with Gasteiger partial charge in [0.1, 0.15) is 5.82 Å². The number of aromatic nitrogens is 1. The molecule has 1 aliphatic carbocycles. The normalized spacial score (nSPS) is 24.0. The maximum atomic E-state index is 12.6. The third-order valence-corrected chi connectivity index (χ3v) is 5.63. The Morgan fingerprint density at radius 1 is 1.11 bits per heavy atom. The van der Waals surface area contributed by atoms with Crippen LogP contribution in [0.25, 0.3) is 0 Å². The molecule has 0 spiro atoms. The lowest BCUT2D eigenvalue weighted by Gasteiger charge is -2.34. The Balaban J connectivity index is 1.49. The molecule has 9 heteroatoms. The minimum absolute atomic E-state index is 0.0107. The lowest BCUT2D eigenvalue weighted by atomic mass is 9.81. The van der Waals surface area contributed by atoms with E-state index in [0.29, 0.717) is 51.0 Å². The van der Waals surface area contributed by atoms with Gasteiger partial charge in [-0.15, -0.1) is 0 Å². The van der Waals surface area contributed by atoms with Crippen LogP contribution in [0, 0.1) is 11.8 Å². The number of aliphatic carboxylic acids is 1. The number of pyridine rings is 1. The Hall–Kier alpha value is -2.32. The monoisotopic (exact) mass is 399 g/mol. The predicted octanol–water partition coefficient (Wildman–Crippen LogP) is 3.08. The number of carbonyl (C=O) groups excluding carboxylic acids is 1. The molecule has 2 aliphatic rings. The molecular weight excluding hydrogens is 375 g/mol. The van der Waals surface area contributed by atoms with Crippen molar-refractivity contribution in [3.8, 4) is 0 Å². The first-order valence-electron chi connectivity index (χ1n) is 9.55. The first kappa shape index (κ1) is 20.4. The number of piperidine rings is 1. The van der Waals surface area contributed by atoms with Gasteiger partial charge in [0.15, 0.2) is 0 Å². The number of carboxylic acids is 1. The number of carbonyl (C=O) groups is 2. The molecule has 1 aromatic rings. The molecule has 0 bridgehead atoms. The van der Waals surface area contributed by atoms with E-state index in [1.165, 1.54) is 6.07 Å². The maximum absolute atomic E-state index is 12.6. The fourth-order valence-corrected chi connectivity index (χ4v) is 3.96. The molecule has 1 aromatic heterocycles. The molecular formula is C19H24F3N3O3. The van der Waals surface area contributed by atoms with Gasteiger partial charge < -0.3 is 15.3 Å². The highest BCUT2D eigenvalue weighted by atomic mass is 19.4. The lowest BCUT2D eigenvalue weighted by Crippen LogP contribution is -2.47. The molecule has 154 valence electrons. The zero-order valence-electron chi connectivity index (χ0n) is 15.4. The number of hydrogen-bond acceptors (Lipinski definition) is 4. The van der Waals surface area contributed by atoms with E-state index in [2.05, 4.69) is 10.3 Å². The van der Waals surface area contributed by atoms with Crippen molar-refractivity contribution in [2.24, 2.45) is 11.8 Å². The Labute approximate surface area is 161 Å². The van der Waals surface area contributed by atoms with Crippen molar-refractivity contribution in [2.75, 3.05) is 18.0 Å². The molecule has 1 saturated carbocycles. The number of anilines is 1. The van der Waals surface area contributed by atoms with E-state index in [4.69, 9.17) is 5.11 Å². The van der Waals surface area contributed by atoms with Gasteiger partial charge in [-0.3, -0.25) is 9.59 Å². The van der Waals surface area contributed by atoms with Crippen LogP contribution in [0.1, 0.15) is 44.1 Å². The summed E-state index contributed by atoms with van der Waals surface area (Å²) in [5, 5.41) is 12.2. The Bertz CT molecular complexity index is 701. The molecule has 2 unspecified atom stereocenters. The van der Waals surface area contributed by atoms with Crippen molar-refractivity contribution in [2.45, 2.75) is 50.7 Å². The topological polar surface area (TPSA) is 82.5 Å². The zero-order valence-corrected chi connectivity index (χ0v) is 15.4. The fraction of sp³-hybridized carbons (Fsp3) is 0.632. The Morgan fingerprint density at radius 3 is 2.36 bits per heavy atom. The minimum Gasteiger partial charge on any atom is -0.481 e. The minimum atomic E-state index is -4.40. The number of nitrogens with one attached hydrogen (secondary N) is 1. The summed E-state index contributed by atoms with van der Waals surface area (Å²) >= 11 is 0. The highest BCUT2D eigenvalue weighted by molar-refractivity contribution is 5.80. The average Bonchev–Trinajstić information content (AvgIpc) is 2.68. The van der Waals surface area contributed by atoms with Crippen molar-refractivity contribution < 1.29 is 27.9 Å². The summed E-state index contributed by atoms with van der Waals surface area (Å²) in [6.45, 7) is 1.18. The molecule has 2 heterocycles. The SMILES string of the molecule is O=C(O)C1CCCC(C(=O)NC2CCN(c3ccc(C(F)(F)F)cn3)CC2)C1. The summed E-state index contributed by atoms with van der Waals surface area (Å²) in [4.78, 5) is 29.5. The van der Waals surface area contributed by atoms with Crippen LogP contribution in [0.3, 0.4) is 0 Å². The third kappa shape index (κ3) is 4.94. The molecule has 2 fully saturated rings. The maximum Gasteiger partial charge on any atom is 0.417 e. The van der Waals surface area contributed by atoms with Crippen LogP contribution in [0.4, 0.5) is 19.0 Å². The van der Waals surface area contributed by atoms with E-state index in [-0.39, 0.29) is 17.9 Å². The van der Waals surface area contributed by atoms with Crippen molar-refractivity contribution in [3.63, 3.8) is 0 Å². The quantitative estimate of drug-likeness (QED) is 0.813. The molecule has 28 heavy (non-hydrogen) atoms. The van der Waals surface area contributed by atoms with Crippen LogP contribution in [-0.2, 0) is 15.8 Å². The van der Waals surface area contributed by atoms with Crippen LogP contribution in [0.5, 0.6) is 0 Å². The van der Waals surface area contributed by atoms with Crippen LogP contribution < -0.4 is 10.2 Å². The van der Waals surface area contributed by atoms with Crippen LogP contribution >= 0.6 is 0 Å². The van der Waals surface area contributed by atoms with Crippen molar-refractivity contribution >= 4 is 17.7 Å². The molecule has 3 rings (SSSR count). The summed E-state index contributed by atoms with van der Waals surface area (Å²) in [5.74, 6) is -1.14. The van der Waals surface area contributed by atoms with Crippen LogP contribution in [0.15, 0.2) is 18.3 Å². The van der Waals surface area contributed by atoms with E-state index in [1.54, 1.807) is 0 Å². The highest BCUT2D eigenvalue weighted by Gasteiger charge is 2.33. The van der Waals surface area contributed by atoms with Gasteiger partial charge in [0.25, 0.3) is 0 Å². The van der Waals surface area contributed by atoms with Gasteiger partial charge in [0.05, 0.1) is 11.5 Å². The Kier molecular flexibility index (Phi) is 6.10. The van der Waals surface area contributed by atoms with E-state index in [9.17, 15) is 22.8 Å². The lowest BCUT2D eigenvalue weighted by molar-refractivity contribution is -0.144. The van der Waals surface area contributed by atoms with E-state index >= 15 is 0 Å². The number of nitrogens with zero attached hydrogens (tertiary/aromatic N) is 2. The Morgan fingerprint density at radius 2 is 1.79 bits per heavy atom. The number of carboxylic acid groups (broad SMARTS) is 1. The first-order valence-corrected chi connectivity index (χ1v) is 9.55. The number of amides is 1. The first-order chi connectivity index (χ1) is 13.2. The van der Waals surface area contributed by atoms with E-state index in [0.717, 1.165) is 18.7 Å². The number of hydrogen-bond donors (Lipinski definition) is 2. The smallest absolute Gasteiger partial charge is 0.417 e. The zero-order chi connectivity index (χ0) is 20.3. The van der Waals surface area contributed by atoms with Gasteiger partial charge in [-0.2, -0.15) is 13.2 Å². The van der Waals surface area contributed by atoms with Gasteiger partial charge in [0, 0.05) is 31.2 Å². The number of halogens is 3. The largest absolute Gasteiger partial charge is 0.481 e. The van der Waals surface area contributed by atoms with Gasteiger partial charge in [-0.1, -0.05) is 6.42 Å². The van der Waals surface area contributed by atoms with E-state index in [1.807, 2.05) is 4.90 Å². The molecule has 2 N–H and O–H groups in total. The van der Waals surface area contributed by atoms with Crippen molar-refractivity contribution in [1.82, 2.24) is 10.3 Å². The fourth-order valence-electron chi connectivity index (χ4n) is 3.96. The second kappa shape index (κ2) is 8.36. The number of rotatable bonds is 4. The summed E-state index contributed by atoms with van der Waals surface area (Å²) in [5.41, 5.74) is -0.773. The second-order valence-corrected chi connectivity index (χ2v) is 7.57. The summed E-state index contributed by atoms with van der Waals surface area (Å²) in [7, 11) is 0. The summed E-state index contributed by atoms with van der Waals surface area (Å²) in [6.07, 6.45) is 0.240. The van der Waals surface area contributed by atoms with Gasteiger partial charge in [-0.25, -0.2) is 4.98 Å². The van der Waals surface area contributed by atoms with Crippen molar-refractivity contribution in [1.29, 1.82) is 0 Å². The molecule has 2 atom stereocenters. The number of alkyl halides is 3. The molecule has 1 aliphatic heterocycles. The van der Waals surface area contributed by atoms with Gasteiger partial charge >= 0.3 is 12.1 Å². The average molecular weight is 399 g/mol. The molecule has 0 radical (unpaired) electrons. The molecule has 0 aromatic carbocycles. The van der Waals surface area contributed by atoms with Gasteiger partial charge in [-0.05, 0) is 44.2 Å². The third-order valence-electron chi connectivity index (χ3n) is 5.63. The predicted molar refractivity (Wildman–Crippen MR) is 95.7 cm³/mol.